The topological polar surface area (TPSA) is 27.7 Å². The van der Waals surface area contributed by atoms with Gasteiger partial charge < -0.3 is 14.2 Å². The normalized spacial score (nSPS) is 9.71. The monoisotopic (exact) mass is 195 g/mol. The molecule has 0 saturated carbocycles. The average molecular weight is 195 g/mol. The minimum Gasteiger partial charge on any atom is -0.493 e. The molecule has 1 aromatic carbocycles. The lowest BCUT2D eigenvalue weighted by Crippen LogP contribution is -1.97. The van der Waals surface area contributed by atoms with Crippen LogP contribution in [-0.2, 0) is 0 Å². The molecule has 0 saturated heterocycles. The zero-order valence-electron chi connectivity index (χ0n) is 8.96. The summed E-state index contributed by atoms with van der Waals surface area (Å²) in [5.74, 6) is 2.01. The second-order valence-electron chi connectivity index (χ2n) is 2.71. The quantitative estimate of drug-likeness (QED) is 0.737. The summed E-state index contributed by atoms with van der Waals surface area (Å²) in [6.07, 6.45) is 1.96. The zero-order valence-corrected chi connectivity index (χ0v) is 8.96. The Kier molecular flexibility index (Phi) is 3.63. The molecule has 3 nitrogen and oxygen atoms in total. The molecule has 0 aliphatic heterocycles. The highest BCUT2D eigenvalue weighted by Crippen LogP contribution is 2.40. The van der Waals surface area contributed by atoms with Gasteiger partial charge in [-0.3, -0.25) is 0 Å². The first kappa shape index (κ1) is 10.7. The van der Waals surface area contributed by atoms with Crippen LogP contribution in [0.5, 0.6) is 17.2 Å². The van der Waals surface area contributed by atoms with Gasteiger partial charge in [-0.25, -0.2) is 0 Å². The van der Waals surface area contributed by atoms with Crippen molar-refractivity contribution < 1.29 is 14.2 Å². The minimum atomic E-state index is 0.630. The molecule has 0 heterocycles. The van der Waals surface area contributed by atoms with E-state index in [1.807, 2.05) is 25.5 Å². The summed E-state index contributed by atoms with van der Waals surface area (Å²) in [6.45, 7) is 1.95. The van der Waals surface area contributed by atoms with Crippen LogP contribution >= 0.6 is 0 Å². The third-order valence-corrected chi connectivity index (χ3v) is 2.05. The van der Waals surface area contributed by atoms with E-state index in [1.54, 1.807) is 21.3 Å². The molecular formula is C11H15O3. The molecule has 77 valence electrons. The first-order valence-electron chi connectivity index (χ1n) is 4.36. The Labute approximate surface area is 84.6 Å². The van der Waals surface area contributed by atoms with Gasteiger partial charge in [-0.15, -0.1) is 0 Å². The van der Waals surface area contributed by atoms with Crippen molar-refractivity contribution >= 4 is 0 Å². The van der Waals surface area contributed by atoms with Crippen molar-refractivity contribution in [1.29, 1.82) is 0 Å². The molecule has 0 amide bonds. The minimum absolute atomic E-state index is 0.630. The van der Waals surface area contributed by atoms with E-state index in [9.17, 15) is 0 Å². The molecule has 1 rings (SSSR count). The van der Waals surface area contributed by atoms with Crippen LogP contribution in [0, 0.1) is 6.42 Å². The van der Waals surface area contributed by atoms with Crippen LogP contribution in [0.1, 0.15) is 12.5 Å². The fourth-order valence-electron chi connectivity index (χ4n) is 1.35. The SMILES string of the molecule is C[CH]c1ccc(OC)c(OC)c1OC. The second kappa shape index (κ2) is 4.74. The maximum absolute atomic E-state index is 5.26. The van der Waals surface area contributed by atoms with E-state index >= 15 is 0 Å². The first-order chi connectivity index (χ1) is 6.78. The van der Waals surface area contributed by atoms with Gasteiger partial charge >= 0.3 is 0 Å². The van der Waals surface area contributed by atoms with Gasteiger partial charge in [-0.1, -0.05) is 13.0 Å². The number of benzene rings is 1. The van der Waals surface area contributed by atoms with E-state index in [-0.39, 0.29) is 0 Å². The first-order valence-corrected chi connectivity index (χ1v) is 4.36. The maximum Gasteiger partial charge on any atom is 0.203 e. The van der Waals surface area contributed by atoms with Gasteiger partial charge in [-0.05, 0) is 12.5 Å². The Bertz CT molecular complexity index is 277. The van der Waals surface area contributed by atoms with Gasteiger partial charge in [0, 0.05) is 5.56 Å². The fourth-order valence-corrected chi connectivity index (χ4v) is 1.35. The number of methoxy groups -OCH3 is 3. The van der Waals surface area contributed by atoms with Crippen LogP contribution in [0.15, 0.2) is 12.1 Å². The highest BCUT2D eigenvalue weighted by atomic mass is 16.5. The van der Waals surface area contributed by atoms with Crippen LogP contribution in [0.25, 0.3) is 0 Å². The lowest BCUT2D eigenvalue weighted by Gasteiger charge is -2.14. The molecule has 0 atom stereocenters. The molecule has 0 fully saturated rings. The van der Waals surface area contributed by atoms with E-state index in [0.717, 1.165) is 5.56 Å². The van der Waals surface area contributed by atoms with Crippen LogP contribution in [0.4, 0.5) is 0 Å². The predicted molar refractivity (Wildman–Crippen MR) is 55.2 cm³/mol. The molecule has 0 N–H and O–H groups in total. The number of hydrogen-bond donors (Lipinski definition) is 0. The summed E-state index contributed by atoms with van der Waals surface area (Å²) in [6, 6.07) is 3.79. The van der Waals surface area contributed by atoms with Gasteiger partial charge in [0.1, 0.15) is 0 Å². The number of rotatable bonds is 4. The molecule has 0 aromatic heterocycles. The summed E-state index contributed by atoms with van der Waals surface area (Å²) in [5.41, 5.74) is 0.991. The zero-order chi connectivity index (χ0) is 10.6. The van der Waals surface area contributed by atoms with Gasteiger partial charge in [0.05, 0.1) is 21.3 Å². The Balaban J connectivity index is 3.28. The second-order valence-corrected chi connectivity index (χ2v) is 2.71. The van der Waals surface area contributed by atoms with Crippen molar-refractivity contribution in [2.24, 2.45) is 0 Å². The Morgan fingerprint density at radius 3 is 2.00 bits per heavy atom. The lowest BCUT2D eigenvalue weighted by molar-refractivity contribution is 0.323. The third kappa shape index (κ3) is 1.76. The smallest absolute Gasteiger partial charge is 0.203 e. The summed E-state index contributed by atoms with van der Waals surface area (Å²) in [5, 5.41) is 0. The van der Waals surface area contributed by atoms with Gasteiger partial charge in [-0.2, -0.15) is 0 Å². The largest absolute Gasteiger partial charge is 0.493 e. The molecule has 0 spiro atoms. The van der Waals surface area contributed by atoms with E-state index in [0.29, 0.717) is 17.2 Å². The van der Waals surface area contributed by atoms with Crippen LogP contribution < -0.4 is 14.2 Å². The van der Waals surface area contributed by atoms with Crippen LogP contribution in [-0.4, -0.2) is 21.3 Å². The van der Waals surface area contributed by atoms with Crippen molar-refractivity contribution in [3.05, 3.63) is 24.1 Å². The van der Waals surface area contributed by atoms with Crippen molar-refractivity contribution in [3.8, 4) is 17.2 Å². The van der Waals surface area contributed by atoms with Crippen LogP contribution in [0.2, 0.25) is 0 Å². The Morgan fingerprint density at radius 1 is 0.929 bits per heavy atom. The van der Waals surface area contributed by atoms with Gasteiger partial charge in [0.2, 0.25) is 5.75 Å². The summed E-state index contributed by atoms with van der Waals surface area (Å²) in [7, 11) is 4.82. The number of ether oxygens (including phenoxy) is 3. The molecular weight excluding hydrogens is 180 g/mol. The average Bonchev–Trinajstić information content (AvgIpc) is 2.26. The summed E-state index contributed by atoms with van der Waals surface area (Å²) < 4.78 is 15.7. The molecule has 0 unspecified atom stereocenters. The Hall–Kier alpha value is -1.38. The molecule has 0 aliphatic carbocycles. The van der Waals surface area contributed by atoms with Gasteiger partial charge in [0.25, 0.3) is 0 Å². The van der Waals surface area contributed by atoms with Crippen molar-refractivity contribution in [1.82, 2.24) is 0 Å². The predicted octanol–water partition coefficient (Wildman–Crippen LogP) is 2.28. The van der Waals surface area contributed by atoms with E-state index in [1.165, 1.54) is 0 Å². The fraction of sp³-hybridized carbons (Fsp3) is 0.364. The van der Waals surface area contributed by atoms with Gasteiger partial charge in [0.15, 0.2) is 11.5 Å². The maximum atomic E-state index is 5.26. The standard InChI is InChI=1S/C11H15O3/c1-5-8-6-7-9(12-2)11(14-4)10(8)13-3/h5-7H,1-4H3. The van der Waals surface area contributed by atoms with Crippen LogP contribution in [0.3, 0.4) is 0 Å². The van der Waals surface area contributed by atoms with Crippen molar-refractivity contribution in [2.75, 3.05) is 21.3 Å². The molecule has 1 radical (unpaired) electrons. The summed E-state index contributed by atoms with van der Waals surface area (Å²) >= 11 is 0. The van der Waals surface area contributed by atoms with E-state index in [2.05, 4.69) is 0 Å². The van der Waals surface area contributed by atoms with E-state index < -0.39 is 0 Å². The third-order valence-electron chi connectivity index (χ3n) is 2.05. The molecule has 14 heavy (non-hydrogen) atoms. The Morgan fingerprint density at radius 2 is 1.57 bits per heavy atom. The molecule has 3 heteroatoms. The highest BCUT2D eigenvalue weighted by molar-refractivity contribution is 5.57. The highest BCUT2D eigenvalue weighted by Gasteiger charge is 2.14. The van der Waals surface area contributed by atoms with E-state index in [4.69, 9.17) is 14.2 Å². The molecule has 0 bridgehead atoms. The van der Waals surface area contributed by atoms with Crippen molar-refractivity contribution in [2.45, 2.75) is 6.92 Å². The molecule has 1 aromatic rings. The van der Waals surface area contributed by atoms with Crippen molar-refractivity contribution in [3.63, 3.8) is 0 Å². The summed E-state index contributed by atoms with van der Waals surface area (Å²) in [4.78, 5) is 0. The number of hydrogen-bond acceptors (Lipinski definition) is 3. The lowest BCUT2D eigenvalue weighted by atomic mass is 10.1. The molecule has 0 aliphatic rings.